The summed E-state index contributed by atoms with van der Waals surface area (Å²) < 4.78 is 0. The van der Waals surface area contributed by atoms with Gasteiger partial charge in [0.1, 0.15) is 0 Å². The number of likely N-dealkylation sites (tertiary alicyclic amines) is 1. The summed E-state index contributed by atoms with van der Waals surface area (Å²) in [5, 5.41) is 3.57. The SMILES string of the molecule is Cc1ccc(NC(=O)N2CC[C@H]3CCCC[C@@H]3C2)c(Cl)c1. The molecule has 1 saturated heterocycles. The number of hydrogen-bond acceptors (Lipinski definition) is 1. The summed E-state index contributed by atoms with van der Waals surface area (Å²) in [6.07, 6.45) is 6.47. The van der Waals surface area contributed by atoms with Gasteiger partial charge in [-0.3, -0.25) is 0 Å². The number of anilines is 1. The number of piperidine rings is 1. The lowest BCUT2D eigenvalue weighted by atomic mass is 9.75. The van der Waals surface area contributed by atoms with Crippen molar-refractivity contribution in [1.82, 2.24) is 4.90 Å². The highest BCUT2D eigenvalue weighted by atomic mass is 35.5. The zero-order valence-corrected chi connectivity index (χ0v) is 13.3. The van der Waals surface area contributed by atoms with Gasteiger partial charge in [0.2, 0.25) is 0 Å². The van der Waals surface area contributed by atoms with E-state index in [2.05, 4.69) is 5.32 Å². The average molecular weight is 307 g/mol. The number of hydrogen-bond donors (Lipinski definition) is 1. The van der Waals surface area contributed by atoms with E-state index in [9.17, 15) is 4.79 Å². The van der Waals surface area contributed by atoms with E-state index in [1.807, 2.05) is 30.0 Å². The summed E-state index contributed by atoms with van der Waals surface area (Å²) in [6, 6.07) is 5.72. The normalized spacial score (nSPS) is 25.3. The van der Waals surface area contributed by atoms with Gasteiger partial charge < -0.3 is 10.2 Å². The third kappa shape index (κ3) is 3.34. The fourth-order valence-electron chi connectivity index (χ4n) is 3.70. The second-order valence-electron chi connectivity index (χ2n) is 6.45. The molecular weight excluding hydrogens is 284 g/mol. The first-order chi connectivity index (χ1) is 10.1. The van der Waals surface area contributed by atoms with E-state index in [0.29, 0.717) is 16.6 Å². The fourth-order valence-corrected chi connectivity index (χ4v) is 3.98. The lowest BCUT2D eigenvalue weighted by molar-refractivity contribution is 0.108. The van der Waals surface area contributed by atoms with Gasteiger partial charge >= 0.3 is 6.03 Å². The Labute approximate surface area is 131 Å². The van der Waals surface area contributed by atoms with Crippen LogP contribution in [0.15, 0.2) is 18.2 Å². The predicted octanol–water partition coefficient (Wildman–Crippen LogP) is 4.69. The second-order valence-corrected chi connectivity index (χ2v) is 6.86. The predicted molar refractivity (Wildman–Crippen MR) is 86.8 cm³/mol. The Bertz CT molecular complexity index is 532. The van der Waals surface area contributed by atoms with Crippen molar-refractivity contribution < 1.29 is 4.79 Å². The maximum atomic E-state index is 12.4. The molecule has 0 bridgehead atoms. The highest BCUT2D eigenvalue weighted by Gasteiger charge is 2.32. The number of carbonyl (C=O) groups is 1. The zero-order valence-electron chi connectivity index (χ0n) is 12.6. The molecule has 4 heteroatoms. The van der Waals surface area contributed by atoms with Crippen molar-refractivity contribution in [2.75, 3.05) is 18.4 Å². The molecule has 1 aromatic rings. The summed E-state index contributed by atoms with van der Waals surface area (Å²) >= 11 is 6.19. The molecule has 2 fully saturated rings. The van der Waals surface area contributed by atoms with E-state index in [1.54, 1.807) is 0 Å². The van der Waals surface area contributed by atoms with E-state index >= 15 is 0 Å². The molecule has 1 N–H and O–H groups in total. The largest absolute Gasteiger partial charge is 0.324 e. The Morgan fingerprint density at radius 2 is 2.00 bits per heavy atom. The van der Waals surface area contributed by atoms with Gasteiger partial charge in [-0.1, -0.05) is 36.9 Å². The highest BCUT2D eigenvalue weighted by Crippen LogP contribution is 2.36. The molecule has 0 spiro atoms. The van der Waals surface area contributed by atoms with E-state index in [-0.39, 0.29) is 6.03 Å². The number of amides is 2. The molecule has 3 rings (SSSR count). The molecule has 2 aliphatic rings. The maximum Gasteiger partial charge on any atom is 0.321 e. The molecule has 1 aromatic carbocycles. The molecule has 1 aliphatic carbocycles. The van der Waals surface area contributed by atoms with Crippen molar-refractivity contribution in [1.29, 1.82) is 0 Å². The molecule has 0 aromatic heterocycles. The number of rotatable bonds is 1. The van der Waals surface area contributed by atoms with Crippen LogP contribution >= 0.6 is 11.6 Å². The number of nitrogens with zero attached hydrogens (tertiary/aromatic N) is 1. The standard InChI is InChI=1S/C17H23ClN2O/c1-12-6-7-16(15(18)10-12)19-17(21)20-9-8-13-4-2-3-5-14(13)11-20/h6-7,10,13-14H,2-5,8-9,11H2,1H3,(H,19,21)/t13-,14-/m1/s1. The smallest absolute Gasteiger partial charge is 0.321 e. The molecule has 114 valence electrons. The van der Waals surface area contributed by atoms with Crippen molar-refractivity contribution in [3.05, 3.63) is 28.8 Å². The van der Waals surface area contributed by atoms with E-state index in [1.165, 1.54) is 25.7 Å². The molecule has 21 heavy (non-hydrogen) atoms. The summed E-state index contributed by atoms with van der Waals surface area (Å²) in [7, 11) is 0. The molecule has 1 heterocycles. The van der Waals surface area contributed by atoms with Gasteiger partial charge in [-0.05, 0) is 49.3 Å². The number of nitrogens with one attached hydrogen (secondary N) is 1. The van der Waals surface area contributed by atoms with Gasteiger partial charge in [-0.2, -0.15) is 0 Å². The van der Waals surface area contributed by atoms with E-state index < -0.39 is 0 Å². The summed E-state index contributed by atoms with van der Waals surface area (Å²) in [6.45, 7) is 3.77. The Kier molecular flexibility index (Phi) is 4.39. The van der Waals surface area contributed by atoms with Crippen molar-refractivity contribution in [3.63, 3.8) is 0 Å². The molecule has 2 amide bonds. The molecule has 1 aliphatic heterocycles. The Morgan fingerprint density at radius 1 is 1.24 bits per heavy atom. The third-order valence-electron chi connectivity index (χ3n) is 4.94. The van der Waals surface area contributed by atoms with Crippen LogP contribution < -0.4 is 5.32 Å². The quantitative estimate of drug-likeness (QED) is 0.802. The van der Waals surface area contributed by atoms with Crippen molar-refractivity contribution in [2.45, 2.75) is 39.0 Å². The Balaban J connectivity index is 1.63. The molecule has 3 nitrogen and oxygen atoms in total. The number of benzene rings is 1. The van der Waals surface area contributed by atoms with Crippen LogP contribution in [0.4, 0.5) is 10.5 Å². The average Bonchev–Trinajstić information content (AvgIpc) is 2.49. The molecular formula is C17H23ClN2O. The molecule has 1 saturated carbocycles. The third-order valence-corrected chi connectivity index (χ3v) is 5.26. The van der Waals surface area contributed by atoms with E-state index in [4.69, 9.17) is 11.6 Å². The van der Waals surface area contributed by atoms with Crippen LogP contribution in [0.3, 0.4) is 0 Å². The first-order valence-corrected chi connectivity index (χ1v) is 8.33. The lowest BCUT2D eigenvalue weighted by Gasteiger charge is -2.41. The number of urea groups is 1. The fraction of sp³-hybridized carbons (Fsp3) is 0.588. The van der Waals surface area contributed by atoms with Crippen LogP contribution in [0.1, 0.15) is 37.7 Å². The van der Waals surface area contributed by atoms with Gasteiger partial charge in [-0.15, -0.1) is 0 Å². The van der Waals surface area contributed by atoms with Crippen LogP contribution in [0.25, 0.3) is 0 Å². The van der Waals surface area contributed by atoms with E-state index in [0.717, 1.165) is 31.0 Å². The summed E-state index contributed by atoms with van der Waals surface area (Å²) in [5.41, 5.74) is 1.80. The summed E-state index contributed by atoms with van der Waals surface area (Å²) in [4.78, 5) is 14.4. The Morgan fingerprint density at radius 3 is 2.76 bits per heavy atom. The zero-order chi connectivity index (χ0) is 14.8. The number of fused-ring (bicyclic) bond motifs is 1. The first-order valence-electron chi connectivity index (χ1n) is 7.95. The van der Waals surface area contributed by atoms with Gasteiger partial charge in [0.25, 0.3) is 0 Å². The van der Waals surface area contributed by atoms with Crippen LogP contribution in [0.5, 0.6) is 0 Å². The lowest BCUT2D eigenvalue weighted by Crippen LogP contribution is -2.46. The number of carbonyl (C=O) groups excluding carboxylic acids is 1. The van der Waals surface area contributed by atoms with Crippen LogP contribution in [0.2, 0.25) is 5.02 Å². The molecule has 0 radical (unpaired) electrons. The molecule has 2 atom stereocenters. The summed E-state index contributed by atoms with van der Waals surface area (Å²) in [5.74, 6) is 1.54. The Hall–Kier alpha value is -1.22. The first kappa shape index (κ1) is 14.7. The van der Waals surface area contributed by atoms with Crippen molar-refractivity contribution >= 4 is 23.3 Å². The minimum absolute atomic E-state index is 0.00947. The minimum Gasteiger partial charge on any atom is -0.324 e. The van der Waals surface area contributed by atoms with Gasteiger partial charge in [0.15, 0.2) is 0 Å². The minimum atomic E-state index is -0.00947. The van der Waals surface area contributed by atoms with Gasteiger partial charge in [0.05, 0.1) is 10.7 Å². The van der Waals surface area contributed by atoms with Crippen LogP contribution in [-0.2, 0) is 0 Å². The van der Waals surface area contributed by atoms with Crippen LogP contribution in [0, 0.1) is 18.8 Å². The van der Waals surface area contributed by atoms with Crippen molar-refractivity contribution in [3.8, 4) is 0 Å². The van der Waals surface area contributed by atoms with Gasteiger partial charge in [0, 0.05) is 13.1 Å². The monoisotopic (exact) mass is 306 g/mol. The molecule has 0 unspecified atom stereocenters. The van der Waals surface area contributed by atoms with Crippen molar-refractivity contribution in [2.24, 2.45) is 11.8 Å². The van der Waals surface area contributed by atoms with Crippen LogP contribution in [-0.4, -0.2) is 24.0 Å². The number of halogens is 1. The highest BCUT2D eigenvalue weighted by molar-refractivity contribution is 6.33. The number of aryl methyl sites for hydroxylation is 1. The maximum absolute atomic E-state index is 12.4. The topological polar surface area (TPSA) is 32.3 Å². The second kappa shape index (κ2) is 6.27. The van der Waals surface area contributed by atoms with Gasteiger partial charge in [-0.25, -0.2) is 4.79 Å².